The predicted molar refractivity (Wildman–Crippen MR) is 68.7 cm³/mol. The van der Waals surface area contributed by atoms with Gasteiger partial charge in [0, 0.05) is 6.42 Å². The normalized spacial score (nSPS) is 26.5. The highest BCUT2D eigenvalue weighted by Gasteiger charge is 2.28. The van der Waals surface area contributed by atoms with E-state index in [1.807, 2.05) is 6.08 Å². The van der Waals surface area contributed by atoms with Crippen molar-refractivity contribution in [1.29, 1.82) is 0 Å². The Bertz CT molecular complexity index is 245. The van der Waals surface area contributed by atoms with Crippen LogP contribution in [0.25, 0.3) is 0 Å². The van der Waals surface area contributed by atoms with Gasteiger partial charge in [-0.25, -0.2) is 0 Å². The number of rotatable bonds is 5. The zero-order valence-corrected chi connectivity index (χ0v) is 10.6. The SMILES string of the molecule is C=CCC1(CCCI)C=CC(=O)CC1. The average Bonchev–Trinajstić information content (AvgIpc) is 2.20. The molecule has 0 aromatic heterocycles. The first-order chi connectivity index (χ1) is 6.72. The van der Waals surface area contributed by atoms with Crippen molar-refractivity contribution in [2.45, 2.75) is 32.1 Å². The molecule has 1 rings (SSSR count). The van der Waals surface area contributed by atoms with E-state index in [9.17, 15) is 4.79 Å². The number of carbonyl (C=O) groups is 1. The standard InChI is InChI=1S/C12H17IO/c1-2-6-12(7-3-10-13)8-4-11(14)5-9-12/h2,4,8H,1,3,5-7,9-10H2. The first-order valence-corrected chi connectivity index (χ1v) is 6.64. The highest BCUT2D eigenvalue weighted by molar-refractivity contribution is 14.1. The number of halogens is 1. The fraction of sp³-hybridized carbons (Fsp3) is 0.583. The topological polar surface area (TPSA) is 17.1 Å². The molecule has 0 aliphatic heterocycles. The summed E-state index contributed by atoms with van der Waals surface area (Å²) >= 11 is 2.41. The van der Waals surface area contributed by atoms with Gasteiger partial charge in [0.1, 0.15) is 0 Å². The number of hydrogen-bond donors (Lipinski definition) is 0. The van der Waals surface area contributed by atoms with Crippen molar-refractivity contribution in [3.05, 3.63) is 24.8 Å². The van der Waals surface area contributed by atoms with Gasteiger partial charge in [-0.3, -0.25) is 4.79 Å². The van der Waals surface area contributed by atoms with Crippen LogP contribution in [0.15, 0.2) is 24.8 Å². The minimum atomic E-state index is 0.237. The van der Waals surface area contributed by atoms with E-state index in [4.69, 9.17) is 0 Å². The Hall–Kier alpha value is -0.120. The molecule has 0 aromatic rings. The molecule has 0 amide bonds. The summed E-state index contributed by atoms with van der Waals surface area (Å²) in [4.78, 5) is 11.1. The zero-order chi connectivity index (χ0) is 10.4. The van der Waals surface area contributed by atoms with Gasteiger partial charge < -0.3 is 0 Å². The first kappa shape index (κ1) is 12.0. The van der Waals surface area contributed by atoms with E-state index in [0.717, 1.165) is 12.8 Å². The fourth-order valence-electron chi connectivity index (χ4n) is 2.00. The van der Waals surface area contributed by atoms with Gasteiger partial charge in [-0.2, -0.15) is 0 Å². The van der Waals surface area contributed by atoms with Crippen molar-refractivity contribution in [2.24, 2.45) is 5.41 Å². The predicted octanol–water partition coefficient (Wildman–Crippen LogP) is 3.68. The summed E-state index contributed by atoms with van der Waals surface area (Å²) in [6, 6.07) is 0. The third kappa shape index (κ3) is 3.23. The Morgan fingerprint density at radius 3 is 2.93 bits per heavy atom. The maximum Gasteiger partial charge on any atom is 0.155 e. The molecule has 0 saturated carbocycles. The lowest BCUT2D eigenvalue weighted by molar-refractivity contribution is -0.115. The minimum absolute atomic E-state index is 0.237. The molecule has 1 aliphatic carbocycles. The van der Waals surface area contributed by atoms with Crippen molar-refractivity contribution in [2.75, 3.05) is 4.43 Å². The summed E-state index contributed by atoms with van der Waals surface area (Å²) in [5.41, 5.74) is 0.237. The van der Waals surface area contributed by atoms with Crippen LogP contribution < -0.4 is 0 Å². The van der Waals surface area contributed by atoms with Crippen molar-refractivity contribution in [3.63, 3.8) is 0 Å². The quantitative estimate of drug-likeness (QED) is 0.430. The maximum atomic E-state index is 11.1. The second-order valence-corrected chi connectivity index (χ2v) is 5.03. The van der Waals surface area contributed by atoms with Crippen molar-refractivity contribution >= 4 is 28.4 Å². The number of allylic oxidation sites excluding steroid dienone is 3. The molecule has 0 saturated heterocycles. The third-order valence-electron chi connectivity index (χ3n) is 2.85. The molecule has 78 valence electrons. The van der Waals surface area contributed by atoms with Crippen LogP contribution in [0.3, 0.4) is 0 Å². The molecule has 1 atom stereocenters. The molecular formula is C12H17IO. The second kappa shape index (κ2) is 5.69. The molecule has 0 fully saturated rings. The van der Waals surface area contributed by atoms with Crippen LogP contribution >= 0.6 is 22.6 Å². The van der Waals surface area contributed by atoms with E-state index in [-0.39, 0.29) is 11.2 Å². The first-order valence-electron chi connectivity index (χ1n) is 5.11. The highest BCUT2D eigenvalue weighted by Crippen LogP contribution is 2.38. The third-order valence-corrected chi connectivity index (χ3v) is 3.61. The van der Waals surface area contributed by atoms with E-state index in [1.54, 1.807) is 6.08 Å². The van der Waals surface area contributed by atoms with Crippen molar-refractivity contribution in [3.8, 4) is 0 Å². The molecule has 1 unspecified atom stereocenters. The van der Waals surface area contributed by atoms with Crippen LogP contribution in [0.2, 0.25) is 0 Å². The number of ketones is 1. The summed E-state index contributed by atoms with van der Waals surface area (Å²) in [5.74, 6) is 0.277. The van der Waals surface area contributed by atoms with Crippen LogP contribution in [-0.4, -0.2) is 10.2 Å². The second-order valence-electron chi connectivity index (χ2n) is 3.95. The van der Waals surface area contributed by atoms with Crippen molar-refractivity contribution < 1.29 is 4.79 Å². The lowest BCUT2D eigenvalue weighted by atomic mass is 9.73. The molecule has 0 aromatic carbocycles. The summed E-state index contributed by atoms with van der Waals surface area (Å²) in [6.07, 6.45) is 11.0. The smallest absolute Gasteiger partial charge is 0.155 e. The molecule has 2 heteroatoms. The number of alkyl halides is 1. The highest BCUT2D eigenvalue weighted by atomic mass is 127. The molecule has 14 heavy (non-hydrogen) atoms. The molecular weight excluding hydrogens is 287 g/mol. The van der Waals surface area contributed by atoms with E-state index >= 15 is 0 Å². The molecule has 0 heterocycles. The van der Waals surface area contributed by atoms with E-state index in [1.165, 1.54) is 17.3 Å². The molecule has 0 bridgehead atoms. The molecule has 1 nitrogen and oxygen atoms in total. The van der Waals surface area contributed by atoms with Gasteiger partial charge in [0.15, 0.2) is 5.78 Å². The summed E-state index contributed by atoms with van der Waals surface area (Å²) < 4.78 is 1.19. The minimum Gasteiger partial charge on any atom is -0.295 e. The Balaban J connectivity index is 2.66. The largest absolute Gasteiger partial charge is 0.295 e. The monoisotopic (exact) mass is 304 g/mol. The van der Waals surface area contributed by atoms with Gasteiger partial charge in [0.2, 0.25) is 0 Å². The Morgan fingerprint density at radius 2 is 2.43 bits per heavy atom. The summed E-state index contributed by atoms with van der Waals surface area (Å²) in [7, 11) is 0. The Morgan fingerprint density at radius 1 is 1.64 bits per heavy atom. The van der Waals surface area contributed by atoms with Crippen molar-refractivity contribution in [1.82, 2.24) is 0 Å². The summed E-state index contributed by atoms with van der Waals surface area (Å²) in [6.45, 7) is 3.81. The van der Waals surface area contributed by atoms with Gasteiger partial charge in [-0.1, -0.05) is 34.7 Å². The number of carbonyl (C=O) groups excluding carboxylic acids is 1. The Kier molecular flexibility index (Phi) is 4.85. The van der Waals surface area contributed by atoms with Gasteiger partial charge in [0.05, 0.1) is 0 Å². The van der Waals surface area contributed by atoms with Crippen LogP contribution in [0.5, 0.6) is 0 Å². The molecule has 1 aliphatic rings. The van der Waals surface area contributed by atoms with Crippen LogP contribution in [0.4, 0.5) is 0 Å². The molecule has 0 radical (unpaired) electrons. The molecule has 0 N–H and O–H groups in total. The van der Waals surface area contributed by atoms with E-state index < -0.39 is 0 Å². The summed E-state index contributed by atoms with van der Waals surface area (Å²) in [5, 5.41) is 0. The maximum absolute atomic E-state index is 11.1. The van der Waals surface area contributed by atoms with Crippen LogP contribution in [-0.2, 0) is 4.79 Å². The lowest BCUT2D eigenvalue weighted by Gasteiger charge is -2.31. The van der Waals surface area contributed by atoms with Crippen LogP contribution in [0, 0.1) is 5.41 Å². The van der Waals surface area contributed by atoms with Crippen LogP contribution in [0.1, 0.15) is 32.1 Å². The van der Waals surface area contributed by atoms with Gasteiger partial charge in [-0.05, 0) is 41.6 Å². The van der Waals surface area contributed by atoms with E-state index in [0.29, 0.717) is 6.42 Å². The van der Waals surface area contributed by atoms with Gasteiger partial charge in [-0.15, -0.1) is 6.58 Å². The fourth-order valence-corrected chi connectivity index (χ4v) is 2.38. The molecule has 0 spiro atoms. The lowest BCUT2D eigenvalue weighted by Crippen LogP contribution is -2.22. The average molecular weight is 304 g/mol. The van der Waals surface area contributed by atoms with Gasteiger partial charge >= 0.3 is 0 Å². The number of hydrogen-bond acceptors (Lipinski definition) is 1. The zero-order valence-electron chi connectivity index (χ0n) is 8.47. The van der Waals surface area contributed by atoms with Gasteiger partial charge in [0.25, 0.3) is 0 Å². The van der Waals surface area contributed by atoms with E-state index in [2.05, 4.69) is 35.2 Å². The Labute approximate surface area is 99.8 Å².